The van der Waals surface area contributed by atoms with E-state index in [1.165, 1.54) is 6.92 Å². The number of carboxylic acid groups (broad SMARTS) is 1. The fraction of sp³-hybridized carbons (Fsp3) is 0.773. The predicted molar refractivity (Wildman–Crippen MR) is 132 cm³/mol. The summed E-state index contributed by atoms with van der Waals surface area (Å²) in [6, 6.07) is -4.56. The highest BCUT2D eigenvalue weighted by molar-refractivity contribution is 5.94. The monoisotopic (exact) mass is 501 g/mol. The van der Waals surface area contributed by atoms with Crippen molar-refractivity contribution in [3.63, 3.8) is 0 Å². The Bertz CT molecular complexity index is 742. The summed E-state index contributed by atoms with van der Waals surface area (Å²) in [7, 11) is 0. The van der Waals surface area contributed by atoms with Gasteiger partial charge in [-0.05, 0) is 31.6 Å². The van der Waals surface area contributed by atoms with Crippen LogP contribution in [0.25, 0.3) is 0 Å². The number of nitrogens with one attached hydrogen (secondary N) is 3. The van der Waals surface area contributed by atoms with Crippen molar-refractivity contribution >= 4 is 29.7 Å². The first-order valence-corrected chi connectivity index (χ1v) is 11.9. The van der Waals surface area contributed by atoms with Crippen molar-refractivity contribution in [3.8, 4) is 0 Å². The molecule has 0 aliphatic rings. The maximum atomic E-state index is 13.0. The van der Waals surface area contributed by atoms with E-state index in [9.17, 15) is 29.4 Å². The highest BCUT2D eigenvalue weighted by Crippen LogP contribution is 2.11. The van der Waals surface area contributed by atoms with E-state index in [0.29, 0.717) is 19.3 Å². The van der Waals surface area contributed by atoms with Crippen molar-refractivity contribution in [2.24, 2.45) is 34.0 Å². The molecule has 0 aromatic heterocycles. The molecule has 0 saturated heterocycles. The highest BCUT2D eigenvalue weighted by atomic mass is 16.4. The van der Waals surface area contributed by atoms with Gasteiger partial charge in [-0.3, -0.25) is 19.4 Å². The molecule has 0 bridgehead atoms. The summed E-state index contributed by atoms with van der Waals surface area (Å²) < 4.78 is 0. The summed E-state index contributed by atoms with van der Waals surface area (Å²) in [5, 5.41) is 27.0. The van der Waals surface area contributed by atoms with Crippen molar-refractivity contribution in [2.45, 2.75) is 90.6 Å². The zero-order valence-electron chi connectivity index (χ0n) is 21.3. The van der Waals surface area contributed by atoms with Crippen LogP contribution < -0.4 is 33.2 Å². The number of nitrogens with two attached hydrogens (primary N) is 3. The first kappa shape index (κ1) is 32.1. The third kappa shape index (κ3) is 11.4. The fourth-order valence-electron chi connectivity index (χ4n) is 3.13. The van der Waals surface area contributed by atoms with Gasteiger partial charge in [-0.25, -0.2) is 4.79 Å². The Labute approximate surface area is 206 Å². The summed E-state index contributed by atoms with van der Waals surface area (Å²) >= 11 is 0. The lowest BCUT2D eigenvalue weighted by atomic mass is 9.96. The Morgan fingerprint density at radius 2 is 1.37 bits per heavy atom. The zero-order chi connectivity index (χ0) is 27.3. The molecule has 13 heteroatoms. The van der Waals surface area contributed by atoms with Crippen molar-refractivity contribution < 1.29 is 29.4 Å². The van der Waals surface area contributed by atoms with Crippen LogP contribution in [-0.2, 0) is 19.2 Å². The molecule has 11 N–H and O–H groups in total. The molecule has 0 rings (SSSR count). The minimum atomic E-state index is -1.35. The first-order chi connectivity index (χ1) is 16.3. The molecule has 202 valence electrons. The van der Waals surface area contributed by atoms with Gasteiger partial charge < -0.3 is 43.4 Å². The average Bonchev–Trinajstić information content (AvgIpc) is 2.80. The van der Waals surface area contributed by atoms with E-state index in [1.54, 1.807) is 20.8 Å². The van der Waals surface area contributed by atoms with E-state index in [-0.39, 0.29) is 30.8 Å². The van der Waals surface area contributed by atoms with Crippen molar-refractivity contribution in [1.82, 2.24) is 16.0 Å². The summed E-state index contributed by atoms with van der Waals surface area (Å²) in [6.45, 7) is 8.71. The number of carboxylic acids is 1. The van der Waals surface area contributed by atoms with Gasteiger partial charge in [-0.1, -0.05) is 40.5 Å². The van der Waals surface area contributed by atoms with Gasteiger partial charge in [0.1, 0.15) is 18.1 Å². The Hall–Kier alpha value is -2.93. The standard InChI is InChI=1S/C22H43N7O6/c1-6-11(3)15(23)18(31)29-17(13(5)30)20(33)28-16(12(4)7-2)19(32)27-14(21(34)35)9-8-10-26-22(24)25/h11-17,30H,6-10,23H2,1-5H3,(H,27,32)(H,28,33)(H,29,31)(H,34,35)(H4,24,25,26). The molecule has 13 nitrogen and oxygen atoms in total. The largest absolute Gasteiger partial charge is 0.480 e. The van der Waals surface area contributed by atoms with Gasteiger partial charge in [0.2, 0.25) is 17.7 Å². The van der Waals surface area contributed by atoms with E-state index >= 15 is 0 Å². The Kier molecular flexibility index (Phi) is 14.5. The molecule has 0 heterocycles. The van der Waals surface area contributed by atoms with E-state index in [1.807, 2.05) is 6.92 Å². The van der Waals surface area contributed by atoms with Gasteiger partial charge in [0.05, 0.1) is 12.1 Å². The molecular formula is C22H43N7O6. The number of aliphatic hydroxyl groups excluding tert-OH is 1. The Morgan fingerprint density at radius 1 is 0.857 bits per heavy atom. The van der Waals surface area contributed by atoms with Crippen LogP contribution in [0.4, 0.5) is 0 Å². The van der Waals surface area contributed by atoms with Crippen molar-refractivity contribution in [3.05, 3.63) is 0 Å². The number of carbonyl (C=O) groups is 4. The predicted octanol–water partition coefficient (Wildman–Crippen LogP) is -1.62. The van der Waals surface area contributed by atoms with Crippen molar-refractivity contribution in [1.29, 1.82) is 0 Å². The summed E-state index contributed by atoms with van der Waals surface area (Å²) in [5.41, 5.74) is 16.4. The number of aliphatic hydroxyl groups is 1. The number of amides is 3. The third-order valence-electron chi connectivity index (χ3n) is 5.98. The molecule has 0 aromatic carbocycles. The Morgan fingerprint density at radius 3 is 1.83 bits per heavy atom. The Balaban J connectivity index is 5.47. The molecule has 7 unspecified atom stereocenters. The van der Waals surface area contributed by atoms with Crippen LogP contribution in [0.3, 0.4) is 0 Å². The lowest BCUT2D eigenvalue weighted by molar-refractivity contribution is -0.143. The molecule has 3 amide bonds. The lowest BCUT2D eigenvalue weighted by Gasteiger charge is -2.29. The average molecular weight is 502 g/mol. The van der Waals surface area contributed by atoms with Crippen LogP contribution in [0.2, 0.25) is 0 Å². The van der Waals surface area contributed by atoms with Crippen LogP contribution in [0, 0.1) is 11.8 Å². The highest BCUT2D eigenvalue weighted by Gasteiger charge is 2.34. The lowest BCUT2D eigenvalue weighted by Crippen LogP contribution is -2.61. The SMILES string of the molecule is CCC(C)C(N)C(=O)NC(C(=O)NC(C(=O)NC(CCCN=C(N)N)C(=O)O)C(C)CC)C(C)O. The maximum absolute atomic E-state index is 13.0. The number of aliphatic carboxylic acids is 1. The number of hydrogen-bond donors (Lipinski definition) is 8. The topological polar surface area (TPSA) is 235 Å². The van der Waals surface area contributed by atoms with Crippen LogP contribution in [0.15, 0.2) is 4.99 Å². The number of carbonyl (C=O) groups excluding carboxylic acids is 3. The molecule has 0 spiro atoms. The van der Waals surface area contributed by atoms with Crippen LogP contribution in [0.1, 0.15) is 60.3 Å². The summed E-state index contributed by atoms with van der Waals surface area (Å²) in [4.78, 5) is 53.8. The molecular weight excluding hydrogens is 458 g/mol. The molecule has 0 aliphatic heterocycles. The maximum Gasteiger partial charge on any atom is 0.326 e. The second-order valence-corrected chi connectivity index (χ2v) is 8.86. The quantitative estimate of drug-likeness (QED) is 0.0688. The van der Waals surface area contributed by atoms with E-state index in [2.05, 4.69) is 20.9 Å². The van der Waals surface area contributed by atoms with Gasteiger partial charge in [-0.15, -0.1) is 0 Å². The second-order valence-electron chi connectivity index (χ2n) is 8.86. The van der Waals surface area contributed by atoms with Crippen LogP contribution in [-0.4, -0.2) is 76.7 Å². The van der Waals surface area contributed by atoms with E-state index in [4.69, 9.17) is 17.2 Å². The normalized spacial score (nSPS) is 17.0. The molecule has 35 heavy (non-hydrogen) atoms. The van der Waals surface area contributed by atoms with E-state index < -0.39 is 54.0 Å². The molecule has 0 radical (unpaired) electrons. The number of nitrogens with zero attached hydrogens (tertiary/aromatic N) is 1. The van der Waals surface area contributed by atoms with E-state index in [0.717, 1.165) is 0 Å². The van der Waals surface area contributed by atoms with Crippen LogP contribution in [0.5, 0.6) is 0 Å². The summed E-state index contributed by atoms with van der Waals surface area (Å²) in [6.07, 6.45) is 0.241. The molecule has 7 atom stereocenters. The fourth-order valence-corrected chi connectivity index (χ4v) is 3.13. The summed E-state index contributed by atoms with van der Waals surface area (Å²) in [5.74, 6) is -3.97. The van der Waals surface area contributed by atoms with Crippen LogP contribution >= 0.6 is 0 Å². The smallest absolute Gasteiger partial charge is 0.326 e. The van der Waals surface area contributed by atoms with Gasteiger partial charge in [-0.2, -0.15) is 0 Å². The van der Waals surface area contributed by atoms with Gasteiger partial charge in [0.25, 0.3) is 0 Å². The molecule has 0 aliphatic carbocycles. The molecule has 0 saturated carbocycles. The number of hydrogen-bond acceptors (Lipinski definition) is 7. The van der Waals surface area contributed by atoms with Gasteiger partial charge >= 0.3 is 5.97 Å². The second kappa shape index (κ2) is 15.9. The number of aliphatic imine (C=N–C) groups is 1. The van der Waals surface area contributed by atoms with Gasteiger partial charge in [0.15, 0.2) is 5.96 Å². The molecule has 0 fully saturated rings. The minimum Gasteiger partial charge on any atom is -0.480 e. The number of rotatable bonds is 16. The minimum absolute atomic E-state index is 0.0683. The van der Waals surface area contributed by atoms with Crippen molar-refractivity contribution in [2.75, 3.05) is 6.54 Å². The first-order valence-electron chi connectivity index (χ1n) is 11.9. The van der Waals surface area contributed by atoms with Gasteiger partial charge in [0, 0.05) is 6.54 Å². The third-order valence-corrected chi connectivity index (χ3v) is 5.98. The molecule has 0 aromatic rings. The zero-order valence-corrected chi connectivity index (χ0v) is 21.3. The number of guanidine groups is 1.